The zero-order valence-corrected chi connectivity index (χ0v) is 13.6. The third kappa shape index (κ3) is 10.1. The van der Waals surface area contributed by atoms with Crippen molar-refractivity contribution in [1.82, 2.24) is 5.32 Å². The van der Waals surface area contributed by atoms with Crippen molar-refractivity contribution in [2.45, 2.75) is 17.4 Å². The van der Waals surface area contributed by atoms with Crippen LogP contribution in [0.3, 0.4) is 0 Å². The molecule has 0 aromatic rings. The largest absolute Gasteiger partial charge is 0.595 e. The monoisotopic (exact) mass is 350 g/mol. The SMILES string of the molecule is O=C1CC(SC[18F])C(=O)[N-]1.[B]C(P)N[C-]=O.[Y]. The van der Waals surface area contributed by atoms with E-state index in [1.54, 1.807) is 0 Å². The Morgan fingerprint density at radius 2 is 2.29 bits per heavy atom. The van der Waals surface area contributed by atoms with E-state index in [1.165, 1.54) is 6.41 Å². The molecule has 1 aliphatic rings. The molecule has 3 radical (unpaired) electrons. The fraction of sp³-hybridized carbons (Fsp3) is 0.571. The van der Waals surface area contributed by atoms with Crippen LogP contribution >= 0.6 is 21.0 Å². The van der Waals surface area contributed by atoms with Crippen molar-refractivity contribution in [3.05, 3.63) is 5.32 Å². The Morgan fingerprint density at radius 1 is 1.71 bits per heavy atom. The Morgan fingerprint density at radius 3 is 2.53 bits per heavy atom. The summed E-state index contributed by atoms with van der Waals surface area (Å²) in [6.45, 7) is 0. The second-order valence-electron chi connectivity index (χ2n) is 2.58. The minimum absolute atomic E-state index is 0. The predicted molar refractivity (Wildman–Crippen MR) is 63.4 cm³/mol. The molecule has 5 nitrogen and oxygen atoms in total. The van der Waals surface area contributed by atoms with E-state index < -0.39 is 23.1 Å². The molecule has 1 saturated heterocycles. The number of amides is 3. The molecule has 1 N–H and O–H groups in total. The number of nitrogens with zero attached hydrogens (tertiary/aromatic N) is 1. The molecule has 1 rings (SSSR count). The molecule has 3 atom stereocenters. The zero-order valence-electron chi connectivity index (χ0n) is 8.76. The second kappa shape index (κ2) is 11.6. The van der Waals surface area contributed by atoms with Gasteiger partial charge >= 0.3 is 0 Å². The van der Waals surface area contributed by atoms with Crippen LogP contribution in [-0.4, -0.2) is 43.0 Å². The third-order valence-corrected chi connectivity index (χ3v) is 2.42. The molecule has 0 bridgehead atoms. The van der Waals surface area contributed by atoms with E-state index in [-0.39, 0.29) is 44.8 Å². The number of halogens is 1. The Balaban J connectivity index is 0. The summed E-state index contributed by atoms with van der Waals surface area (Å²) in [7, 11) is 7.17. The number of alkyl halides is 1. The Kier molecular flexibility index (Phi) is 13.5. The van der Waals surface area contributed by atoms with Crippen LogP contribution in [0.2, 0.25) is 0 Å². The quantitative estimate of drug-likeness (QED) is 0.251. The van der Waals surface area contributed by atoms with E-state index in [4.69, 9.17) is 7.85 Å². The van der Waals surface area contributed by atoms with Gasteiger partial charge in [-0.3, -0.25) is 0 Å². The number of rotatable bonds is 4. The van der Waals surface area contributed by atoms with Gasteiger partial charge in [-0.25, -0.2) is 4.39 Å². The molecule has 0 spiro atoms. The van der Waals surface area contributed by atoms with Gasteiger partial charge in [-0.15, -0.1) is 21.0 Å². The van der Waals surface area contributed by atoms with Gasteiger partial charge in [0.25, 0.3) is 0 Å². The van der Waals surface area contributed by atoms with Gasteiger partial charge in [-0.05, 0) is 5.68 Å². The van der Waals surface area contributed by atoms with Gasteiger partial charge in [-0.1, -0.05) is 0 Å². The van der Waals surface area contributed by atoms with Gasteiger partial charge in [0.1, 0.15) is 13.9 Å². The van der Waals surface area contributed by atoms with Crippen molar-refractivity contribution in [1.29, 1.82) is 0 Å². The number of carbonyl (C=O) groups excluding carboxylic acids is 3. The summed E-state index contributed by atoms with van der Waals surface area (Å²) in [6, 6.07) is -0.640. The predicted octanol–water partition coefficient (Wildman–Crippen LogP) is -0.186. The van der Waals surface area contributed by atoms with Crippen molar-refractivity contribution in [3.63, 3.8) is 0 Å². The minimum Gasteiger partial charge on any atom is -0.595 e. The molecule has 0 saturated carbocycles. The summed E-state index contributed by atoms with van der Waals surface area (Å²) in [5, 5.41) is 4.71. The average Bonchev–Trinajstić information content (AvgIpc) is 2.46. The van der Waals surface area contributed by atoms with E-state index in [2.05, 4.69) is 19.9 Å². The maximum absolute atomic E-state index is 11.6. The Bertz CT molecular complexity index is 276. The van der Waals surface area contributed by atoms with Crippen LogP contribution < -0.4 is 5.32 Å². The number of hydrogen-bond donors (Lipinski definition) is 1. The first kappa shape index (κ1) is 19.8. The first-order valence-corrected chi connectivity index (χ1v) is 5.82. The fourth-order valence-corrected chi connectivity index (χ4v) is 1.44. The average molecular weight is 350 g/mol. The normalized spacial score (nSPS) is 19.3. The van der Waals surface area contributed by atoms with Crippen molar-refractivity contribution < 1.29 is 51.5 Å². The molecule has 3 unspecified atom stereocenters. The third-order valence-electron chi connectivity index (χ3n) is 1.36. The number of thioether (sulfide) groups is 1. The van der Waals surface area contributed by atoms with E-state index in [0.29, 0.717) is 0 Å². The van der Waals surface area contributed by atoms with Crippen LogP contribution in [0.15, 0.2) is 0 Å². The van der Waals surface area contributed by atoms with Crippen molar-refractivity contribution >= 4 is 47.1 Å². The molecule has 10 heteroatoms. The smallest absolute Gasteiger partial charge is 0.136 e. The molecule has 91 valence electrons. The van der Waals surface area contributed by atoms with Crippen molar-refractivity contribution in [3.8, 4) is 0 Å². The van der Waals surface area contributed by atoms with E-state index in [9.17, 15) is 18.8 Å². The van der Waals surface area contributed by atoms with Crippen molar-refractivity contribution in [2.24, 2.45) is 0 Å². The standard InChI is InChI=1S/C5H6FNO2S.C2H4BNOP.Y/c6-2-10-3-1-4(8)7-5(3)9;3-2(6)4-1-5;/h3H,1-2H2,(H,7,8,9);2H,6H2,(H,4,5);/q;-1;/p-1/i6-1;;. The van der Waals surface area contributed by atoms with Crippen LogP contribution in [0.4, 0.5) is 4.39 Å². The molecule has 1 fully saturated rings. The molecule has 3 amide bonds. The van der Waals surface area contributed by atoms with Crippen LogP contribution in [0.5, 0.6) is 0 Å². The van der Waals surface area contributed by atoms with Gasteiger partial charge in [0.05, 0.1) is 17.1 Å². The molecule has 17 heavy (non-hydrogen) atoms. The summed E-state index contributed by atoms with van der Waals surface area (Å²) >= 11 is 0.820. The summed E-state index contributed by atoms with van der Waals surface area (Å²) in [5.41, 5.74) is -0.359. The van der Waals surface area contributed by atoms with E-state index in [1.807, 2.05) is 0 Å². The minimum atomic E-state index is -0.640. The van der Waals surface area contributed by atoms with Gasteiger partial charge in [0.15, 0.2) is 0 Å². The van der Waals surface area contributed by atoms with Gasteiger partial charge in [0, 0.05) is 39.1 Å². The number of carbonyl (C=O) groups is 2. The maximum atomic E-state index is 11.6. The summed E-state index contributed by atoms with van der Waals surface area (Å²) in [5.74, 6) is -0.927. The molecule has 0 aromatic heterocycles. The number of imide groups is 1. The first-order chi connectivity index (χ1) is 7.51. The number of hydrogen-bond acceptors (Lipinski definition) is 4. The van der Waals surface area contributed by atoms with Crippen molar-refractivity contribution in [2.75, 3.05) is 6.01 Å². The molecule has 1 aliphatic heterocycles. The van der Waals surface area contributed by atoms with Gasteiger partial charge < -0.3 is 25.0 Å². The molecule has 0 aliphatic carbocycles. The van der Waals surface area contributed by atoms with Crippen LogP contribution in [0.25, 0.3) is 5.32 Å². The second-order valence-corrected chi connectivity index (χ2v) is 4.42. The topological polar surface area (TPSA) is 77.3 Å². The summed E-state index contributed by atoms with van der Waals surface area (Å²) in [4.78, 5) is 30.3. The molecular weight excluding hydrogens is 341 g/mol. The van der Waals surface area contributed by atoms with Crippen LogP contribution in [0.1, 0.15) is 6.42 Å². The molecule has 1 heterocycles. The van der Waals surface area contributed by atoms with E-state index >= 15 is 0 Å². The van der Waals surface area contributed by atoms with E-state index in [0.717, 1.165) is 11.8 Å². The first-order valence-electron chi connectivity index (χ1n) is 4.11. The Labute approximate surface area is 132 Å². The van der Waals surface area contributed by atoms with Crippen LogP contribution in [-0.2, 0) is 47.1 Å². The summed E-state index contributed by atoms with van der Waals surface area (Å²) in [6.07, 6.45) is 1.48. The fourth-order valence-electron chi connectivity index (χ4n) is 0.761. The number of nitrogens with one attached hydrogen (secondary N) is 1. The van der Waals surface area contributed by atoms with Gasteiger partial charge in [0.2, 0.25) is 0 Å². The summed E-state index contributed by atoms with van der Waals surface area (Å²) < 4.78 is 11.6. The Hall–Kier alpha value is 0.489. The van der Waals surface area contributed by atoms with Gasteiger partial charge in [-0.2, -0.15) is 6.41 Å². The molecular formula is C7H9BFN2O3PSY-2. The molecule has 0 aromatic carbocycles. The van der Waals surface area contributed by atoms with Crippen LogP contribution in [0, 0.1) is 0 Å². The zero-order chi connectivity index (χ0) is 12.6. The maximum Gasteiger partial charge on any atom is 0.136 e.